The molecule has 0 amide bonds. The third-order valence-corrected chi connectivity index (χ3v) is 3.97. The molecule has 1 aromatic carbocycles. The number of rotatable bonds is 3. The Labute approximate surface area is 118 Å². The molecule has 1 saturated heterocycles. The van der Waals surface area contributed by atoms with Crippen LogP contribution in [0.4, 0.5) is 0 Å². The van der Waals surface area contributed by atoms with Crippen LogP contribution in [-0.2, 0) is 12.1 Å². The highest BCUT2D eigenvalue weighted by Gasteiger charge is 2.36. The average Bonchev–Trinajstić information content (AvgIpc) is 2.90. The Balaban J connectivity index is 1.62. The molecule has 0 radical (unpaired) electrons. The Kier molecular flexibility index (Phi) is 3.54. The van der Waals surface area contributed by atoms with Gasteiger partial charge in [-0.05, 0) is 18.4 Å². The molecule has 0 unspecified atom stereocenters. The molecule has 1 aromatic heterocycles. The molecule has 1 aliphatic rings. The topological polar surface area (TPSA) is 68.2 Å². The highest BCUT2D eigenvalue weighted by Crippen LogP contribution is 2.28. The Morgan fingerprint density at radius 1 is 1.25 bits per heavy atom. The third kappa shape index (κ3) is 2.73. The van der Waals surface area contributed by atoms with Crippen molar-refractivity contribution in [3.63, 3.8) is 0 Å². The number of likely N-dealkylation sites (tertiary alicyclic amines) is 1. The molecular weight excluding hydrogens is 252 g/mol. The van der Waals surface area contributed by atoms with E-state index in [1.54, 1.807) is 6.92 Å². The maximum absolute atomic E-state index is 6.44. The number of aryl methyl sites for hydroxylation is 1. The predicted octanol–water partition coefficient (Wildman–Crippen LogP) is 1.83. The van der Waals surface area contributed by atoms with Crippen LogP contribution >= 0.6 is 0 Å². The van der Waals surface area contributed by atoms with Gasteiger partial charge in [-0.15, -0.1) is 0 Å². The maximum atomic E-state index is 6.44. The molecule has 5 nitrogen and oxygen atoms in total. The standard InChI is InChI=1S/C15H20N4O/c1-12-17-14(18-20-12)15(16)7-9-19(10-8-15)11-13-5-3-2-4-6-13/h2-6H,7-11,16H2,1H3. The van der Waals surface area contributed by atoms with Crippen molar-refractivity contribution < 1.29 is 4.52 Å². The van der Waals surface area contributed by atoms with Crippen molar-refractivity contribution in [3.8, 4) is 0 Å². The number of nitrogens with two attached hydrogens (primary N) is 1. The average molecular weight is 272 g/mol. The van der Waals surface area contributed by atoms with Gasteiger partial charge in [0.05, 0.1) is 5.54 Å². The van der Waals surface area contributed by atoms with Crippen molar-refractivity contribution >= 4 is 0 Å². The normalized spacial score (nSPS) is 19.1. The predicted molar refractivity (Wildman–Crippen MR) is 75.9 cm³/mol. The summed E-state index contributed by atoms with van der Waals surface area (Å²) in [6.45, 7) is 4.69. The van der Waals surface area contributed by atoms with Crippen LogP contribution in [0.2, 0.25) is 0 Å². The van der Waals surface area contributed by atoms with E-state index in [9.17, 15) is 0 Å². The first-order valence-corrected chi connectivity index (χ1v) is 7.02. The molecule has 2 N–H and O–H groups in total. The Morgan fingerprint density at radius 2 is 1.95 bits per heavy atom. The fourth-order valence-electron chi connectivity index (χ4n) is 2.68. The van der Waals surface area contributed by atoms with Crippen LogP contribution in [-0.4, -0.2) is 28.1 Å². The summed E-state index contributed by atoms with van der Waals surface area (Å²) >= 11 is 0. The minimum atomic E-state index is -0.440. The van der Waals surface area contributed by atoms with Gasteiger partial charge in [-0.2, -0.15) is 4.98 Å². The number of nitrogens with zero attached hydrogens (tertiary/aromatic N) is 3. The second kappa shape index (κ2) is 5.34. The minimum Gasteiger partial charge on any atom is -0.340 e. The van der Waals surface area contributed by atoms with E-state index in [1.165, 1.54) is 5.56 Å². The molecular formula is C15H20N4O. The van der Waals surface area contributed by atoms with Crippen molar-refractivity contribution in [2.75, 3.05) is 13.1 Å². The molecule has 0 aliphatic carbocycles. The van der Waals surface area contributed by atoms with Crippen LogP contribution in [0.25, 0.3) is 0 Å². The first-order valence-electron chi connectivity index (χ1n) is 7.02. The molecule has 5 heteroatoms. The minimum absolute atomic E-state index is 0.440. The Bertz CT molecular complexity index is 558. The van der Waals surface area contributed by atoms with Crippen LogP contribution in [0.1, 0.15) is 30.1 Å². The zero-order valence-electron chi connectivity index (χ0n) is 11.7. The Hall–Kier alpha value is -1.72. The summed E-state index contributed by atoms with van der Waals surface area (Å²) in [5.74, 6) is 1.23. The summed E-state index contributed by atoms with van der Waals surface area (Å²) in [6.07, 6.45) is 1.72. The van der Waals surface area contributed by atoms with Crippen molar-refractivity contribution in [3.05, 3.63) is 47.6 Å². The van der Waals surface area contributed by atoms with Gasteiger partial charge in [0.2, 0.25) is 5.89 Å². The molecule has 0 spiro atoms. The lowest BCUT2D eigenvalue weighted by molar-refractivity contribution is 0.148. The summed E-state index contributed by atoms with van der Waals surface area (Å²) in [6, 6.07) is 10.5. The molecule has 20 heavy (non-hydrogen) atoms. The van der Waals surface area contributed by atoms with Gasteiger partial charge in [-0.3, -0.25) is 4.90 Å². The summed E-state index contributed by atoms with van der Waals surface area (Å²) in [5.41, 5.74) is 7.34. The molecule has 1 aliphatic heterocycles. The second-order valence-corrected chi connectivity index (χ2v) is 5.55. The lowest BCUT2D eigenvalue weighted by Crippen LogP contribution is -2.48. The molecule has 2 aromatic rings. The van der Waals surface area contributed by atoms with Crippen molar-refractivity contribution in [1.82, 2.24) is 15.0 Å². The van der Waals surface area contributed by atoms with E-state index in [2.05, 4.69) is 39.3 Å². The third-order valence-electron chi connectivity index (χ3n) is 3.97. The van der Waals surface area contributed by atoms with Gasteiger partial charge in [0.15, 0.2) is 5.82 Å². The summed E-state index contributed by atoms with van der Waals surface area (Å²) in [5, 5.41) is 3.99. The highest BCUT2D eigenvalue weighted by atomic mass is 16.5. The van der Waals surface area contributed by atoms with Crippen molar-refractivity contribution in [1.29, 1.82) is 0 Å². The summed E-state index contributed by atoms with van der Waals surface area (Å²) < 4.78 is 5.05. The van der Waals surface area contributed by atoms with Gasteiger partial charge in [0, 0.05) is 26.6 Å². The fraction of sp³-hybridized carbons (Fsp3) is 0.467. The van der Waals surface area contributed by atoms with E-state index in [1.807, 2.05) is 6.07 Å². The maximum Gasteiger partial charge on any atom is 0.223 e. The van der Waals surface area contributed by atoms with Crippen LogP contribution < -0.4 is 5.73 Å². The van der Waals surface area contributed by atoms with Crippen LogP contribution in [0, 0.1) is 6.92 Å². The van der Waals surface area contributed by atoms with E-state index >= 15 is 0 Å². The molecule has 0 bridgehead atoms. The number of hydrogen-bond acceptors (Lipinski definition) is 5. The van der Waals surface area contributed by atoms with E-state index in [0.717, 1.165) is 32.5 Å². The number of aromatic nitrogens is 2. The zero-order valence-corrected chi connectivity index (χ0v) is 11.7. The molecule has 3 rings (SSSR count). The quantitative estimate of drug-likeness (QED) is 0.923. The number of hydrogen-bond donors (Lipinski definition) is 1. The summed E-state index contributed by atoms with van der Waals surface area (Å²) in [4.78, 5) is 6.72. The van der Waals surface area contributed by atoms with Crippen molar-refractivity contribution in [2.24, 2.45) is 5.73 Å². The summed E-state index contributed by atoms with van der Waals surface area (Å²) in [7, 11) is 0. The van der Waals surface area contributed by atoms with Gasteiger partial charge in [0.25, 0.3) is 0 Å². The molecule has 0 atom stereocenters. The SMILES string of the molecule is Cc1nc(C2(N)CCN(Cc3ccccc3)CC2)no1. The number of benzene rings is 1. The van der Waals surface area contributed by atoms with Gasteiger partial charge >= 0.3 is 0 Å². The van der Waals surface area contributed by atoms with Crippen LogP contribution in [0.5, 0.6) is 0 Å². The lowest BCUT2D eigenvalue weighted by atomic mass is 9.87. The second-order valence-electron chi connectivity index (χ2n) is 5.55. The first-order chi connectivity index (χ1) is 9.66. The number of piperidine rings is 1. The highest BCUT2D eigenvalue weighted by molar-refractivity contribution is 5.15. The van der Waals surface area contributed by atoms with Crippen LogP contribution in [0.3, 0.4) is 0 Å². The largest absolute Gasteiger partial charge is 0.340 e. The van der Waals surface area contributed by atoms with E-state index in [4.69, 9.17) is 10.3 Å². The fourth-order valence-corrected chi connectivity index (χ4v) is 2.68. The molecule has 1 fully saturated rings. The van der Waals surface area contributed by atoms with E-state index < -0.39 is 5.54 Å². The van der Waals surface area contributed by atoms with E-state index in [-0.39, 0.29) is 0 Å². The molecule has 0 saturated carbocycles. The Morgan fingerprint density at radius 3 is 2.55 bits per heavy atom. The van der Waals surface area contributed by atoms with Gasteiger partial charge in [-0.25, -0.2) is 0 Å². The van der Waals surface area contributed by atoms with Gasteiger partial charge in [-0.1, -0.05) is 35.5 Å². The van der Waals surface area contributed by atoms with E-state index in [0.29, 0.717) is 11.7 Å². The van der Waals surface area contributed by atoms with Gasteiger partial charge in [0.1, 0.15) is 0 Å². The monoisotopic (exact) mass is 272 g/mol. The smallest absolute Gasteiger partial charge is 0.223 e. The first kappa shape index (κ1) is 13.3. The van der Waals surface area contributed by atoms with Gasteiger partial charge < -0.3 is 10.3 Å². The zero-order chi connectivity index (χ0) is 14.0. The van der Waals surface area contributed by atoms with Crippen molar-refractivity contribution in [2.45, 2.75) is 31.8 Å². The molecule has 2 heterocycles. The van der Waals surface area contributed by atoms with Crippen LogP contribution in [0.15, 0.2) is 34.9 Å². The lowest BCUT2D eigenvalue weighted by Gasteiger charge is -2.37. The molecule has 106 valence electrons.